The minimum Gasteiger partial charge on any atom is -0.477 e. The zero-order valence-electron chi connectivity index (χ0n) is 17.6. The van der Waals surface area contributed by atoms with Crippen LogP contribution in [0.25, 0.3) is 11.1 Å². The second-order valence-electron chi connectivity index (χ2n) is 8.36. The highest BCUT2D eigenvalue weighted by Gasteiger charge is 2.30. The Hall–Kier alpha value is -3.19. The first-order valence-electron chi connectivity index (χ1n) is 10.9. The number of aromatic nitrogens is 1. The highest BCUT2D eigenvalue weighted by molar-refractivity contribution is 7.13. The first-order chi connectivity index (χ1) is 15.6. The number of aromatic carboxylic acids is 1. The number of hydrogen-bond acceptors (Lipinski definition) is 5. The average molecular weight is 449 g/mol. The van der Waals surface area contributed by atoms with E-state index in [1.165, 1.54) is 39.8 Å². The molecule has 1 saturated heterocycles. The van der Waals surface area contributed by atoms with E-state index in [1.807, 2.05) is 24.3 Å². The lowest BCUT2D eigenvalue weighted by atomic mass is 9.94. The van der Waals surface area contributed by atoms with Gasteiger partial charge >= 0.3 is 12.1 Å². The Kier molecular flexibility index (Phi) is 5.66. The summed E-state index contributed by atoms with van der Waals surface area (Å²) in [5.41, 5.74) is 4.87. The van der Waals surface area contributed by atoms with Crippen molar-refractivity contribution in [2.24, 2.45) is 5.92 Å². The first-order valence-corrected chi connectivity index (χ1v) is 11.7. The summed E-state index contributed by atoms with van der Waals surface area (Å²) < 4.78 is 5.77. The molecule has 1 amide bonds. The van der Waals surface area contributed by atoms with Crippen LogP contribution >= 0.6 is 11.3 Å². The van der Waals surface area contributed by atoms with Crippen molar-refractivity contribution in [2.45, 2.75) is 25.2 Å². The molecule has 1 N–H and O–H groups in total. The van der Waals surface area contributed by atoms with Crippen molar-refractivity contribution in [3.8, 4) is 11.1 Å². The fourth-order valence-electron chi connectivity index (χ4n) is 4.76. The fourth-order valence-corrected chi connectivity index (χ4v) is 5.63. The smallest absolute Gasteiger partial charge is 0.409 e. The summed E-state index contributed by atoms with van der Waals surface area (Å²) >= 11 is 1.24. The Balaban J connectivity index is 1.16. The lowest BCUT2D eigenvalue weighted by Crippen LogP contribution is -2.39. The van der Waals surface area contributed by atoms with Crippen LogP contribution in [-0.4, -0.2) is 46.7 Å². The third-order valence-electron chi connectivity index (χ3n) is 6.44. The van der Waals surface area contributed by atoms with Crippen molar-refractivity contribution >= 4 is 23.4 Å². The maximum Gasteiger partial charge on any atom is 0.409 e. The Labute approximate surface area is 190 Å². The largest absolute Gasteiger partial charge is 0.477 e. The monoisotopic (exact) mass is 448 g/mol. The summed E-state index contributed by atoms with van der Waals surface area (Å²) in [7, 11) is 0. The molecule has 7 heteroatoms. The van der Waals surface area contributed by atoms with Crippen LogP contribution in [0.4, 0.5) is 4.79 Å². The normalized spacial score (nSPS) is 15.9. The molecule has 0 atom stereocenters. The zero-order chi connectivity index (χ0) is 22.1. The van der Waals surface area contributed by atoms with Gasteiger partial charge in [-0.3, -0.25) is 0 Å². The minimum absolute atomic E-state index is 0.0669. The average Bonchev–Trinajstić information content (AvgIpc) is 3.41. The first kappa shape index (κ1) is 20.7. The molecule has 1 aliphatic carbocycles. The van der Waals surface area contributed by atoms with Gasteiger partial charge in [-0.1, -0.05) is 48.5 Å². The summed E-state index contributed by atoms with van der Waals surface area (Å²) in [6.45, 7) is 1.64. The lowest BCUT2D eigenvalue weighted by Gasteiger charge is -2.31. The van der Waals surface area contributed by atoms with Crippen molar-refractivity contribution in [3.63, 3.8) is 0 Å². The molecule has 2 aromatic carbocycles. The number of thiazole rings is 1. The van der Waals surface area contributed by atoms with Crippen molar-refractivity contribution in [1.29, 1.82) is 0 Å². The van der Waals surface area contributed by atoms with Crippen LogP contribution in [0.2, 0.25) is 0 Å². The lowest BCUT2D eigenvalue weighted by molar-refractivity contribution is 0.0701. The summed E-state index contributed by atoms with van der Waals surface area (Å²) in [5, 5.41) is 9.90. The van der Waals surface area contributed by atoms with Crippen LogP contribution in [0, 0.1) is 5.92 Å². The number of carbonyl (C=O) groups excluding carboxylic acids is 1. The molecular weight excluding hydrogens is 424 g/mol. The van der Waals surface area contributed by atoms with Crippen LogP contribution < -0.4 is 0 Å². The van der Waals surface area contributed by atoms with E-state index in [-0.39, 0.29) is 16.9 Å². The van der Waals surface area contributed by atoms with Crippen molar-refractivity contribution < 1.29 is 19.4 Å². The Morgan fingerprint density at radius 1 is 1.03 bits per heavy atom. The third kappa shape index (κ3) is 4.00. The van der Waals surface area contributed by atoms with Gasteiger partial charge in [-0.05, 0) is 41.0 Å². The molecule has 6 nitrogen and oxygen atoms in total. The second-order valence-corrected chi connectivity index (χ2v) is 9.48. The molecule has 3 aromatic rings. The summed E-state index contributed by atoms with van der Waals surface area (Å²) in [5.74, 6) is -0.462. The number of carboxylic acids is 1. The number of fused-ring (bicyclic) bond motifs is 3. The van der Waals surface area contributed by atoms with Gasteiger partial charge in [-0.2, -0.15) is 0 Å². The fraction of sp³-hybridized carbons (Fsp3) is 0.320. The number of carboxylic acid groups (broad SMARTS) is 1. The molecule has 0 bridgehead atoms. The van der Waals surface area contributed by atoms with Crippen molar-refractivity contribution in [2.75, 3.05) is 19.7 Å². The number of nitrogens with zero attached hydrogens (tertiary/aromatic N) is 2. The Morgan fingerprint density at radius 2 is 1.66 bits per heavy atom. The van der Waals surface area contributed by atoms with Crippen molar-refractivity contribution in [3.05, 3.63) is 75.7 Å². The van der Waals surface area contributed by atoms with E-state index in [4.69, 9.17) is 9.84 Å². The SMILES string of the molecule is O=C(O)c1cnc(CC2CCN(C(=O)OCC3c4ccccc4-c4ccccc43)CC2)s1. The maximum absolute atomic E-state index is 12.8. The molecule has 2 heterocycles. The van der Waals surface area contributed by atoms with Gasteiger partial charge in [0, 0.05) is 25.4 Å². The Bertz CT molecular complexity index is 1100. The number of piperidine rings is 1. The summed E-state index contributed by atoms with van der Waals surface area (Å²) in [6, 6.07) is 16.6. The summed E-state index contributed by atoms with van der Waals surface area (Å²) in [6.07, 6.45) is 3.66. The molecule has 5 rings (SSSR count). The van der Waals surface area contributed by atoms with Crippen LogP contribution in [0.5, 0.6) is 0 Å². The van der Waals surface area contributed by atoms with Gasteiger partial charge in [0.15, 0.2) is 0 Å². The van der Waals surface area contributed by atoms with E-state index < -0.39 is 5.97 Å². The van der Waals surface area contributed by atoms with Crippen molar-refractivity contribution in [1.82, 2.24) is 9.88 Å². The second kappa shape index (κ2) is 8.74. The van der Waals surface area contributed by atoms with E-state index in [2.05, 4.69) is 29.2 Å². The molecule has 0 radical (unpaired) electrons. The van der Waals surface area contributed by atoms with Gasteiger partial charge in [-0.25, -0.2) is 14.6 Å². The standard InChI is InChI=1S/C25H24N2O4S/c28-24(29)22-14-26-23(32-22)13-16-9-11-27(12-10-16)25(30)31-15-21-19-7-3-1-5-17(19)18-6-2-4-8-20(18)21/h1-8,14,16,21H,9-13,15H2,(H,28,29). The van der Waals surface area contributed by atoms with Gasteiger partial charge < -0.3 is 14.7 Å². The van der Waals surface area contributed by atoms with Gasteiger partial charge in [0.1, 0.15) is 11.5 Å². The Morgan fingerprint density at radius 3 is 2.25 bits per heavy atom. The topological polar surface area (TPSA) is 79.7 Å². The molecule has 1 aromatic heterocycles. The quantitative estimate of drug-likeness (QED) is 0.591. The minimum atomic E-state index is -0.932. The van der Waals surface area contributed by atoms with Crippen LogP contribution in [0.15, 0.2) is 54.7 Å². The molecule has 0 spiro atoms. The number of hydrogen-bond donors (Lipinski definition) is 1. The number of carbonyl (C=O) groups is 2. The maximum atomic E-state index is 12.8. The van der Waals surface area contributed by atoms with Gasteiger partial charge in [-0.15, -0.1) is 11.3 Å². The molecule has 1 aliphatic heterocycles. The number of likely N-dealkylation sites (tertiary alicyclic amines) is 1. The third-order valence-corrected chi connectivity index (χ3v) is 7.44. The number of ether oxygens (including phenoxy) is 1. The zero-order valence-corrected chi connectivity index (χ0v) is 18.4. The van der Waals surface area contributed by atoms with E-state index in [0.29, 0.717) is 25.6 Å². The van der Waals surface area contributed by atoms with Gasteiger partial charge in [0.25, 0.3) is 0 Å². The van der Waals surface area contributed by atoms with Crippen LogP contribution in [-0.2, 0) is 11.2 Å². The number of rotatable bonds is 5. The molecule has 2 aliphatic rings. The van der Waals surface area contributed by atoms with Gasteiger partial charge in [0.2, 0.25) is 0 Å². The highest BCUT2D eigenvalue weighted by Crippen LogP contribution is 2.44. The molecular formula is C25H24N2O4S. The number of amides is 1. The molecule has 0 unspecified atom stereocenters. The van der Waals surface area contributed by atoms with Gasteiger partial charge in [0.05, 0.1) is 11.2 Å². The van der Waals surface area contributed by atoms with E-state index in [1.54, 1.807) is 4.90 Å². The highest BCUT2D eigenvalue weighted by atomic mass is 32.1. The van der Waals surface area contributed by atoms with Crippen LogP contribution in [0.1, 0.15) is 44.6 Å². The predicted octanol–water partition coefficient (Wildman–Crippen LogP) is 5.04. The van der Waals surface area contributed by atoms with E-state index in [0.717, 1.165) is 24.3 Å². The van der Waals surface area contributed by atoms with E-state index in [9.17, 15) is 9.59 Å². The predicted molar refractivity (Wildman–Crippen MR) is 122 cm³/mol. The molecule has 164 valence electrons. The number of benzene rings is 2. The van der Waals surface area contributed by atoms with E-state index >= 15 is 0 Å². The molecule has 1 fully saturated rings. The van der Waals surface area contributed by atoms with Crippen LogP contribution in [0.3, 0.4) is 0 Å². The molecule has 32 heavy (non-hydrogen) atoms. The summed E-state index contributed by atoms with van der Waals surface area (Å²) in [4.78, 5) is 30.1. The molecule has 0 saturated carbocycles.